The molecule has 0 amide bonds. The quantitative estimate of drug-likeness (QED) is 0.413. The predicted octanol–water partition coefficient (Wildman–Crippen LogP) is 2.16. The summed E-state index contributed by atoms with van der Waals surface area (Å²) in [7, 11) is 4.85. The van der Waals surface area contributed by atoms with Crippen molar-refractivity contribution >= 4 is 28.7 Å². The Bertz CT molecular complexity index is 1410. The summed E-state index contributed by atoms with van der Waals surface area (Å²) in [6, 6.07) is 16.7. The summed E-state index contributed by atoms with van der Waals surface area (Å²) < 4.78 is 9.71. The Hall–Kier alpha value is -3.56. The monoisotopic (exact) mass is 483 g/mol. The van der Waals surface area contributed by atoms with Gasteiger partial charge in [0.1, 0.15) is 18.5 Å². The maximum atomic E-state index is 13.1. The minimum Gasteiger partial charge on any atom is -0.491 e. The molecule has 178 valence electrons. The molecule has 0 bridgehead atoms. The lowest BCUT2D eigenvalue weighted by molar-refractivity contribution is 0.0936. The third-order valence-corrected chi connectivity index (χ3v) is 5.83. The molecule has 1 N–H and O–H groups in total. The van der Waals surface area contributed by atoms with Crippen LogP contribution in [0.15, 0.2) is 64.2 Å². The van der Waals surface area contributed by atoms with Crippen molar-refractivity contribution in [1.82, 2.24) is 18.7 Å². The van der Waals surface area contributed by atoms with Gasteiger partial charge >= 0.3 is 5.69 Å². The molecule has 0 radical (unpaired) electrons. The lowest BCUT2D eigenvalue weighted by Crippen LogP contribution is -2.38. The normalized spacial score (nSPS) is 12.1. The number of halogens is 1. The number of ether oxygens (including phenoxy) is 1. The fourth-order valence-corrected chi connectivity index (χ4v) is 3.94. The van der Waals surface area contributed by atoms with Crippen LogP contribution in [0, 0.1) is 0 Å². The molecular weight excluding hydrogens is 458 g/mol. The topological polar surface area (TPSA) is 94.5 Å². The highest BCUT2D eigenvalue weighted by Gasteiger charge is 2.23. The van der Waals surface area contributed by atoms with Crippen LogP contribution in [0.3, 0.4) is 0 Å². The molecule has 9 nitrogen and oxygen atoms in total. The number of benzene rings is 2. The number of hydrogen-bond donors (Lipinski definition) is 1. The van der Waals surface area contributed by atoms with Crippen molar-refractivity contribution < 1.29 is 9.84 Å². The van der Waals surface area contributed by atoms with Gasteiger partial charge in [0.15, 0.2) is 11.2 Å². The molecule has 0 aliphatic heterocycles. The molecular formula is C24H26ClN5O4. The van der Waals surface area contributed by atoms with Gasteiger partial charge in [-0.25, -0.2) is 4.79 Å². The summed E-state index contributed by atoms with van der Waals surface area (Å²) >= 11 is 5.91. The Balaban J connectivity index is 1.70. The van der Waals surface area contributed by atoms with Gasteiger partial charge in [0.25, 0.3) is 5.56 Å². The van der Waals surface area contributed by atoms with E-state index in [2.05, 4.69) is 4.98 Å². The van der Waals surface area contributed by atoms with E-state index < -0.39 is 17.4 Å². The second-order valence-electron chi connectivity index (χ2n) is 8.16. The van der Waals surface area contributed by atoms with E-state index in [1.807, 2.05) is 42.3 Å². The Labute approximate surface area is 201 Å². The lowest BCUT2D eigenvalue weighted by atomic mass is 10.2. The molecule has 10 heteroatoms. The summed E-state index contributed by atoms with van der Waals surface area (Å²) in [6.45, 7) is 0.566. The molecule has 4 aromatic rings. The van der Waals surface area contributed by atoms with Gasteiger partial charge in [0, 0.05) is 32.7 Å². The first-order valence-electron chi connectivity index (χ1n) is 10.7. The highest BCUT2D eigenvalue weighted by molar-refractivity contribution is 6.30. The summed E-state index contributed by atoms with van der Waals surface area (Å²) in [5.41, 5.74) is 0.609. The van der Waals surface area contributed by atoms with Crippen LogP contribution in [0.5, 0.6) is 5.75 Å². The van der Waals surface area contributed by atoms with E-state index in [4.69, 9.17) is 16.3 Å². The summed E-state index contributed by atoms with van der Waals surface area (Å²) in [4.78, 5) is 32.0. The van der Waals surface area contributed by atoms with E-state index >= 15 is 0 Å². The number of imidazole rings is 1. The molecule has 0 saturated heterocycles. The first-order chi connectivity index (χ1) is 16.3. The maximum absolute atomic E-state index is 13.1. The molecule has 0 saturated carbocycles. The number of aliphatic hydroxyl groups excluding tert-OH is 1. The molecule has 0 aliphatic rings. The number of aryl methyl sites for hydroxylation is 1. The second-order valence-corrected chi connectivity index (χ2v) is 8.60. The van der Waals surface area contributed by atoms with E-state index in [1.54, 1.807) is 35.9 Å². The zero-order valence-electron chi connectivity index (χ0n) is 19.2. The largest absolute Gasteiger partial charge is 0.491 e. The average Bonchev–Trinajstić information content (AvgIpc) is 3.21. The van der Waals surface area contributed by atoms with E-state index in [0.29, 0.717) is 23.3 Å². The van der Waals surface area contributed by atoms with Crippen LogP contribution in [-0.2, 0) is 27.2 Å². The van der Waals surface area contributed by atoms with Gasteiger partial charge in [-0.15, -0.1) is 0 Å². The van der Waals surface area contributed by atoms with Crippen molar-refractivity contribution in [2.24, 2.45) is 14.1 Å². The number of aromatic nitrogens is 4. The van der Waals surface area contributed by atoms with E-state index in [-0.39, 0.29) is 24.3 Å². The van der Waals surface area contributed by atoms with Gasteiger partial charge in [-0.3, -0.25) is 13.9 Å². The van der Waals surface area contributed by atoms with Crippen LogP contribution in [0.2, 0.25) is 5.02 Å². The van der Waals surface area contributed by atoms with Crippen molar-refractivity contribution in [3.63, 3.8) is 0 Å². The molecule has 0 spiro atoms. The van der Waals surface area contributed by atoms with E-state index in [9.17, 15) is 14.7 Å². The molecule has 0 fully saturated rings. The molecule has 0 aliphatic carbocycles. The number of fused-ring (bicyclic) bond motifs is 1. The van der Waals surface area contributed by atoms with E-state index in [1.165, 1.54) is 11.6 Å². The zero-order valence-corrected chi connectivity index (χ0v) is 19.9. The van der Waals surface area contributed by atoms with Gasteiger partial charge < -0.3 is 19.3 Å². The number of aliphatic hydroxyl groups is 1. The SMILES string of the molecule is CN(Cc1ccccc1)c1nc2c(c(=O)n(C)c(=O)n2C)n1CC(O)COc1ccc(Cl)cc1. The predicted molar refractivity (Wildman–Crippen MR) is 132 cm³/mol. The van der Waals surface area contributed by atoms with Crippen molar-refractivity contribution in [3.05, 3.63) is 86.0 Å². The number of hydrogen-bond acceptors (Lipinski definition) is 6. The van der Waals surface area contributed by atoms with Crippen LogP contribution in [0.4, 0.5) is 5.95 Å². The molecule has 1 atom stereocenters. The highest BCUT2D eigenvalue weighted by atomic mass is 35.5. The molecule has 2 aromatic carbocycles. The van der Waals surface area contributed by atoms with Gasteiger partial charge in [-0.1, -0.05) is 41.9 Å². The van der Waals surface area contributed by atoms with Gasteiger partial charge in [-0.05, 0) is 29.8 Å². The van der Waals surface area contributed by atoms with Crippen molar-refractivity contribution in [2.45, 2.75) is 19.2 Å². The summed E-state index contributed by atoms with van der Waals surface area (Å²) in [6.07, 6.45) is -0.945. The van der Waals surface area contributed by atoms with E-state index in [0.717, 1.165) is 10.1 Å². The number of rotatable bonds is 8. The first-order valence-corrected chi connectivity index (χ1v) is 11.1. The van der Waals surface area contributed by atoms with Gasteiger partial charge in [0.05, 0.1) is 6.54 Å². The minimum absolute atomic E-state index is 0.00474. The van der Waals surface area contributed by atoms with Gasteiger partial charge in [0.2, 0.25) is 5.95 Å². The maximum Gasteiger partial charge on any atom is 0.332 e. The second kappa shape index (κ2) is 9.74. The zero-order chi connectivity index (χ0) is 24.4. The Kier molecular flexibility index (Phi) is 6.76. The number of anilines is 1. The van der Waals surface area contributed by atoms with Crippen molar-refractivity contribution in [3.8, 4) is 5.75 Å². The summed E-state index contributed by atoms with van der Waals surface area (Å²) in [5.74, 6) is 1.03. The Morgan fingerprint density at radius 3 is 2.41 bits per heavy atom. The van der Waals surface area contributed by atoms with Crippen molar-refractivity contribution in [2.75, 3.05) is 18.6 Å². The third kappa shape index (κ3) is 4.71. The molecule has 2 heterocycles. The molecule has 4 rings (SSSR count). The minimum atomic E-state index is -0.945. The van der Waals surface area contributed by atoms with Crippen LogP contribution < -0.4 is 20.9 Å². The molecule has 2 aromatic heterocycles. The summed E-state index contributed by atoms with van der Waals surface area (Å²) in [5, 5.41) is 11.4. The Morgan fingerprint density at radius 1 is 1.06 bits per heavy atom. The van der Waals surface area contributed by atoms with Gasteiger partial charge in [-0.2, -0.15) is 4.98 Å². The van der Waals surface area contributed by atoms with Crippen LogP contribution in [-0.4, -0.2) is 43.6 Å². The fourth-order valence-electron chi connectivity index (χ4n) is 3.81. The highest BCUT2D eigenvalue weighted by Crippen LogP contribution is 2.22. The molecule has 1 unspecified atom stereocenters. The smallest absolute Gasteiger partial charge is 0.332 e. The third-order valence-electron chi connectivity index (χ3n) is 5.58. The lowest BCUT2D eigenvalue weighted by Gasteiger charge is -2.21. The fraction of sp³-hybridized carbons (Fsp3) is 0.292. The van der Waals surface area contributed by atoms with Crippen LogP contribution in [0.25, 0.3) is 11.2 Å². The van der Waals surface area contributed by atoms with Crippen LogP contribution in [0.1, 0.15) is 5.56 Å². The van der Waals surface area contributed by atoms with Crippen LogP contribution >= 0.6 is 11.6 Å². The molecule has 34 heavy (non-hydrogen) atoms. The average molecular weight is 484 g/mol. The van der Waals surface area contributed by atoms with Crippen molar-refractivity contribution in [1.29, 1.82) is 0 Å². The first kappa shape index (κ1) is 23.6. The standard InChI is InChI=1S/C24H26ClN5O4/c1-27(13-16-7-5-4-6-8-16)23-26-21-20(22(32)29(3)24(33)28(21)2)30(23)14-18(31)15-34-19-11-9-17(25)10-12-19/h4-12,18,31H,13-15H2,1-3H3. The Morgan fingerprint density at radius 2 is 1.74 bits per heavy atom. The number of nitrogens with zero attached hydrogens (tertiary/aromatic N) is 5.